The molecule has 5 fully saturated rings. The Morgan fingerprint density at radius 3 is 2.82 bits per heavy atom. The number of hydrazone groups is 1. The molecule has 0 amide bonds. The first-order valence-corrected chi connectivity index (χ1v) is 7.79. The van der Waals surface area contributed by atoms with Gasteiger partial charge in [0.1, 0.15) is 0 Å². The molecule has 3 nitrogen and oxygen atoms in total. The predicted molar refractivity (Wildman–Crippen MR) is 72.6 cm³/mol. The van der Waals surface area contributed by atoms with E-state index in [1.807, 2.05) is 0 Å². The van der Waals surface area contributed by atoms with Crippen molar-refractivity contribution < 1.29 is 0 Å². The van der Waals surface area contributed by atoms with E-state index in [0.717, 1.165) is 52.2 Å². The number of rotatable bonds is 1. The topological polar surface area (TPSA) is 50.4 Å². The summed E-state index contributed by atoms with van der Waals surface area (Å²) in [4.78, 5) is 0.764. The molecule has 5 rings (SSSR count). The minimum atomic E-state index is 0.297. The molecule has 0 aromatic heterocycles. The van der Waals surface area contributed by atoms with Crippen molar-refractivity contribution >= 4 is 39.0 Å². The minimum absolute atomic E-state index is 0.297. The van der Waals surface area contributed by atoms with Gasteiger partial charge in [-0.05, 0) is 54.1 Å². The Labute approximate surface area is 114 Å². The van der Waals surface area contributed by atoms with Crippen molar-refractivity contribution in [1.29, 1.82) is 0 Å². The normalized spacial score (nSPS) is 65.7. The third-order valence-corrected chi connectivity index (χ3v) is 7.65. The zero-order chi connectivity index (χ0) is 11.5. The first-order valence-electron chi connectivity index (χ1n) is 6.47. The van der Waals surface area contributed by atoms with E-state index >= 15 is 0 Å². The second-order valence-corrected chi connectivity index (χ2v) is 7.88. The first kappa shape index (κ1) is 9.73. The lowest BCUT2D eigenvalue weighted by atomic mass is 9.59. The van der Waals surface area contributed by atoms with Gasteiger partial charge in [0.2, 0.25) is 0 Å². The standard InChI is InChI=1S/C12H14BrN3S/c13-10-6-2-1-3-5-4(2)8(10)9(5)11(7(3)6)15-16-12(14)17/h2-10H,1H2,(H3,14,16,17). The number of nitrogens with zero attached hydrogens (tertiary/aromatic N) is 1. The molecule has 17 heavy (non-hydrogen) atoms. The Morgan fingerprint density at radius 2 is 2.06 bits per heavy atom. The molecule has 5 heteroatoms. The van der Waals surface area contributed by atoms with Crippen molar-refractivity contribution in [3.8, 4) is 0 Å². The minimum Gasteiger partial charge on any atom is -0.375 e. The lowest BCUT2D eigenvalue weighted by molar-refractivity contribution is 0.0523. The molecule has 0 heterocycles. The zero-order valence-electron chi connectivity index (χ0n) is 9.21. The number of hydrogen-bond donors (Lipinski definition) is 2. The molecule has 5 aliphatic carbocycles. The molecule has 0 aromatic rings. The van der Waals surface area contributed by atoms with E-state index < -0.39 is 0 Å². The summed E-state index contributed by atoms with van der Waals surface area (Å²) in [6, 6.07) is 0. The van der Waals surface area contributed by atoms with Gasteiger partial charge in [-0.25, -0.2) is 0 Å². The van der Waals surface area contributed by atoms with Gasteiger partial charge in [-0.15, -0.1) is 0 Å². The van der Waals surface area contributed by atoms with Crippen molar-refractivity contribution in [3.63, 3.8) is 0 Å². The lowest BCUT2D eigenvalue weighted by Gasteiger charge is -2.46. The maximum absolute atomic E-state index is 5.49. The fourth-order valence-corrected chi connectivity index (χ4v) is 7.80. The third-order valence-electron chi connectivity index (χ3n) is 6.34. The summed E-state index contributed by atoms with van der Waals surface area (Å²) < 4.78 is 0. The van der Waals surface area contributed by atoms with Crippen LogP contribution in [0.15, 0.2) is 5.10 Å². The SMILES string of the molecule is NC(=S)NN=C1C2C3CC4C2C(Br)C2C1C3C42. The van der Waals surface area contributed by atoms with E-state index in [9.17, 15) is 0 Å². The van der Waals surface area contributed by atoms with Crippen LogP contribution in [0.5, 0.6) is 0 Å². The van der Waals surface area contributed by atoms with Gasteiger partial charge in [0.15, 0.2) is 5.11 Å². The van der Waals surface area contributed by atoms with Gasteiger partial charge >= 0.3 is 0 Å². The molecule has 3 N–H and O–H groups in total. The number of nitrogens with one attached hydrogen (secondary N) is 1. The number of alkyl halides is 1. The monoisotopic (exact) mass is 311 g/mol. The van der Waals surface area contributed by atoms with E-state index in [1.165, 1.54) is 12.1 Å². The van der Waals surface area contributed by atoms with Crippen LogP contribution < -0.4 is 11.2 Å². The molecule has 2 bridgehead atoms. The number of nitrogens with two attached hydrogens (primary N) is 1. The molecule has 5 aliphatic rings. The van der Waals surface area contributed by atoms with E-state index in [0.29, 0.717) is 5.11 Å². The Bertz CT molecular complexity index is 478. The van der Waals surface area contributed by atoms with Crippen LogP contribution in [-0.2, 0) is 0 Å². The number of thiocarbonyl (C=S) groups is 1. The molecule has 0 spiro atoms. The van der Waals surface area contributed by atoms with Crippen LogP contribution in [0.2, 0.25) is 0 Å². The highest BCUT2D eigenvalue weighted by molar-refractivity contribution is 9.09. The van der Waals surface area contributed by atoms with E-state index in [1.54, 1.807) is 0 Å². The summed E-state index contributed by atoms with van der Waals surface area (Å²) >= 11 is 8.82. The van der Waals surface area contributed by atoms with Crippen LogP contribution in [0.1, 0.15) is 6.42 Å². The summed E-state index contributed by atoms with van der Waals surface area (Å²) in [6.45, 7) is 0. The van der Waals surface area contributed by atoms with Gasteiger partial charge in [-0.3, -0.25) is 5.43 Å². The second-order valence-electron chi connectivity index (χ2n) is 6.38. The first-order chi connectivity index (χ1) is 8.20. The maximum Gasteiger partial charge on any atom is 0.184 e. The Balaban J connectivity index is 1.61. The zero-order valence-corrected chi connectivity index (χ0v) is 11.6. The van der Waals surface area contributed by atoms with Crippen molar-refractivity contribution in [2.75, 3.05) is 0 Å². The molecule has 5 saturated carbocycles. The summed E-state index contributed by atoms with van der Waals surface area (Å²) in [5.74, 6) is 7.11. The van der Waals surface area contributed by atoms with Crippen molar-refractivity contribution in [3.05, 3.63) is 0 Å². The molecule has 0 radical (unpaired) electrons. The number of halogens is 1. The van der Waals surface area contributed by atoms with Crippen LogP contribution in [0, 0.1) is 47.3 Å². The third kappa shape index (κ3) is 0.820. The van der Waals surface area contributed by atoms with Crippen LogP contribution in [0.25, 0.3) is 0 Å². The molecule has 9 atom stereocenters. The van der Waals surface area contributed by atoms with E-state index in [4.69, 9.17) is 18.0 Å². The molecule has 90 valence electrons. The summed E-state index contributed by atoms with van der Waals surface area (Å²) in [5.41, 5.74) is 9.73. The van der Waals surface area contributed by atoms with Crippen LogP contribution >= 0.6 is 28.1 Å². The van der Waals surface area contributed by atoms with Crippen LogP contribution in [-0.4, -0.2) is 15.7 Å². The second kappa shape index (κ2) is 2.72. The summed E-state index contributed by atoms with van der Waals surface area (Å²) in [6.07, 6.45) is 1.46. The van der Waals surface area contributed by atoms with Crippen molar-refractivity contribution in [2.45, 2.75) is 11.2 Å². The molecule has 0 aliphatic heterocycles. The molecular weight excluding hydrogens is 298 g/mol. The molecule has 0 saturated heterocycles. The fraction of sp³-hybridized carbons (Fsp3) is 0.833. The largest absolute Gasteiger partial charge is 0.375 e. The van der Waals surface area contributed by atoms with Gasteiger partial charge in [-0.2, -0.15) is 5.10 Å². The van der Waals surface area contributed by atoms with Gasteiger partial charge in [0, 0.05) is 22.4 Å². The van der Waals surface area contributed by atoms with Crippen LogP contribution in [0.4, 0.5) is 0 Å². The molecular formula is C12H14BrN3S. The van der Waals surface area contributed by atoms with Gasteiger partial charge in [0.25, 0.3) is 0 Å². The average Bonchev–Trinajstić information content (AvgIpc) is 2.74. The predicted octanol–water partition coefficient (Wildman–Crippen LogP) is 1.33. The number of hydrogen-bond acceptors (Lipinski definition) is 2. The highest BCUT2D eigenvalue weighted by Gasteiger charge is 2.82. The average molecular weight is 312 g/mol. The quantitative estimate of drug-likeness (QED) is 0.436. The Kier molecular flexibility index (Phi) is 1.55. The highest BCUT2D eigenvalue weighted by atomic mass is 79.9. The lowest BCUT2D eigenvalue weighted by Crippen LogP contribution is -2.48. The highest BCUT2D eigenvalue weighted by Crippen LogP contribution is 2.82. The van der Waals surface area contributed by atoms with Crippen LogP contribution in [0.3, 0.4) is 0 Å². The van der Waals surface area contributed by atoms with Gasteiger partial charge < -0.3 is 5.73 Å². The summed E-state index contributed by atoms with van der Waals surface area (Å²) in [7, 11) is 0. The molecule has 9 unspecified atom stereocenters. The van der Waals surface area contributed by atoms with E-state index in [-0.39, 0.29) is 0 Å². The number of fused-ring (bicyclic) bond motifs is 2. The molecule has 0 aromatic carbocycles. The smallest absolute Gasteiger partial charge is 0.184 e. The summed E-state index contributed by atoms with van der Waals surface area (Å²) in [5, 5.41) is 4.85. The van der Waals surface area contributed by atoms with E-state index in [2.05, 4.69) is 26.5 Å². The Morgan fingerprint density at radius 1 is 1.24 bits per heavy atom. The van der Waals surface area contributed by atoms with Gasteiger partial charge in [-0.1, -0.05) is 15.9 Å². The maximum atomic E-state index is 5.49. The van der Waals surface area contributed by atoms with Crippen molar-refractivity contribution in [1.82, 2.24) is 5.43 Å². The van der Waals surface area contributed by atoms with Crippen molar-refractivity contribution in [2.24, 2.45) is 58.2 Å². The fourth-order valence-electron chi connectivity index (χ4n) is 6.35. The Hall–Kier alpha value is -0.160. The van der Waals surface area contributed by atoms with Gasteiger partial charge in [0.05, 0.1) is 0 Å².